The molecule has 0 spiro atoms. The molecule has 1 N–H and O–H groups in total. The van der Waals surface area contributed by atoms with Crippen molar-refractivity contribution in [3.05, 3.63) is 35.4 Å². The highest BCUT2D eigenvalue weighted by Gasteiger charge is 2.27. The number of piperazine rings is 1. The molecule has 1 aromatic heterocycles. The van der Waals surface area contributed by atoms with E-state index < -0.39 is 0 Å². The van der Waals surface area contributed by atoms with E-state index in [2.05, 4.69) is 44.3 Å². The Labute approximate surface area is 151 Å². The quantitative estimate of drug-likeness (QED) is 0.669. The maximum Gasteiger partial charge on any atom is 0.306 e. The van der Waals surface area contributed by atoms with Crippen LogP contribution in [0.15, 0.2) is 35.5 Å². The first-order valence-electron chi connectivity index (χ1n) is 8.44. The third-order valence-electron chi connectivity index (χ3n) is 4.53. The molecule has 4 rings (SSSR count). The molecule has 7 nitrogen and oxygen atoms in total. The minimum absolute atomic E-state index is 0.488. The molecule has 25 heavy (non-hydrogen) atoms. The van der Waals surface area contributed by atoms with Crippen LogP contribution in [0.3, 0.4) is 0 Å². The Morgan fingerprint density at radius 1 is 1.16 bits per heavy atom. The van der Waals surface area contributed by atoms with E-state index in [0.29, 0.717) is 18.2 Å². The predicted octanol–water partition coefficient (Wildman–Crippen LogP) is 2.49. The Morgan fingerprint density at radius 2 is 1.92 bits per heavy atom. The van der Waals surface area contributed by atoms with E-state index in [1.807, 2.05) is 12.1 Å². The number of nitrogens with one attached hydrogen (secondary N) is 1. The van der Waals surface area contributed by atoms with Gasteiger partial charge in [0, 0.05) is 47.2 Å². The second kappa shape index (κ2) is 6.97. The Bertz CT molecular complexity index is 773. The summed E-state index contributed by atoms with van der Waals surface area (Å²) in [5.41, 5.74) is 2.74. The van der Waals surface area contributed by atoms with Gasteiger partial charge in [-0.3, -0.25) is 0 Å². The van der Waals surface area contributed by atoms with Crippen LogP contribution in [0.1, 0.15) is 0 Å². The van der Waals surface area contributed by atoms with Gasteiger partial charge < -0.3 is 15.1 Å². The molecule has 1 fully saturated rings. The fourth-order valence-electron chi connectivity index (χ4n) is 2.99. The zero-order chi connectivity index (χ0) is 17.2. The number of anilines is 3. The first-order valence-corrected chi connectivity index (χ1v) is 9.43. The summed E-state index contributed by atoms with van der Waals surface area (Å²) in [5, 5.41) is 3.97. The average molecular weight is 357 g/mol. The van der Waals surface area contributed by atoms with Crippen LogP contribution in [-0.4, -0.2) is 65.2 Å². The topological polar surface area (TPSA) is 64.4 Å². The lowest BCUT2D eigenvalue weighted by Gasteiger charge is -2.34. The molecular weight excluding hydrogens is 336 g/mol. The second-order valence-corrected chi connectivity index (χ2v) is 7.38. The molecule has 0 saturated carbocycles. The minimum atomic E-state index is 0.488. The largest absolute Gasteiger partial charge is 0.369 e. The van der Waals surface area contributed by atoms with E-state index >= 15 is 0 Å². The van der Waals surface area contributed by atoms with E-state index in [9.17, 15) is 4.91 Å². The molecule has 2 aliphatic heterocycles. The number of likely N-dealkylation sites (N-methyl/N-ethyl adjacent to an activating group) is 1. The van der Waals surface area contributed by atoms with Crippen molar-refractivity contribution in [1.29, 1.82) is 0 Å². The van der Waals surface area contributed by atoms with Crippen LogP contribution in [0, 0.1) is 4.91 Å². The fraction of sp³-hybridized carbons (Fsp3) is 0.412. The standard InChI is InChI=1S/C17H21N6OS/c1-21-6-8-22(9-7-21)14-4-2-13(3-5-14)19-17-18-12-15-16(20-17)25-11-10-23(15)24/h2-5,12H,6-11H2,1H3,(H,18,19,20)/q+1. The maximum atomic E-state index is 11.8. The molecule has 0 unspecified atom stereocenters. The van der Waals surface area contributed by atoms with E-state index in [4.69, 9.17) is 0 Å². The molecule has 0 amide bonds. The van der Waals surface area contributed by atoms with E-state index in [1.54, 1.807) is 18.0 Å². The van der Waals surface area contributed by atoms with Gasteiger partial charge in [-0.05, 0) is 31.3 Å². The molecule has 0 bridgehead atoms. The first kappa shape index (κ1) is 16.3. The molecule has 130 valence electrons. The molecule has 0 radical (unpaired) electrons. The van der Waals surface area contributed by atoms with Crippen LogP contribution in [0.5, 0.6) is 0 Å². The van der Waals surface area contributed by atoms with Gasteiger partial charge in [-0.25, -0.2) is 4.98 Å². The lowest BCUT2D eigenvalue weighted by molar-refractivity contribution is -0.462. The summed E-state index contributed by atoms with van der Waals surface area (Å²) in [6.45, 7) is 4.79. The zero-order valence-electron chi connectivity index (χ0n) is 14.2. The molecule has 8 heteroatoms. The summed E-state index contributed by atoms with van der Waals surface area (Å²) < 4.78 is 0.959. The Hall–Kier alpha value is -2.19. The fourth-order valence-corrected chi connectivity index (χ4v) is 3.90. The van der Waals surface area contributed by atoms with Crippen molar-refractivity contribution in [1.82, 2.24) is 14.9 Å². The lowest BCUT2D eigenvalue weighted by atomic mass is 10.2. The molecular formula is C17H21N6OS+. The predicted molar refractivity (Wildman–Crippen MR) is 100 cm³/mol. The molecule has 1 saturated heterocycles. The summed E-state index contributed by atoms with van der Waals surface area (Å²) in [6, 6.07) is 8.34. The van der Waals surface area contributed by atoms with Gasteiger partial charge in [0.15, 0.2) is 5.03 Å². The van der Waals surface area contributed by atoms with Crippen molar-refractivity contribution in [3.63, 3.8) is 0 Å². The van der Waals surface area contributed by atoms with Crippen LogP contribution in [-0.2, 0) is 0 Å². The maximum absolute atomic E-state index is 11.8. The van der Waals surface area contributed by atoms with Gasteiger partial charge in [0.2, 0.25) is 12.5 Å². The van der Waals surface area contributed by atoms with Crippen molar-refractivity contribution in [2.24, 2.45) is 0 Å². The summed E-state index contributed by atoms with van der Waals surface area (Å²) in [5.74, 6) is 1.28. The Morgan fingerprint density at radius 3 is 2.68 bits per heavy atom. The summed E-state index contributed by atoms with van der Waals surface area (Å²) in [6.07, 6.45) is 1.60. The average Bonchev–Trinajstić information content (AvgIpc) is 2.63. The zero-order valence-corrected chi connectivity index (χ0v) is 15.0. The van der Waals surface area contributed by atoms with Crippen molar-refractivity contribution >= 4 is 34.8 Å². The van der Waals surface area contributed by atoms with Gasteiger partial charge in [0.25, 0.3) is 0 Å². The third kappa shape index (κ3) is 3.59. The highest BCUT2D eigenvalue weighted by molar-refractivity contribution is 7.99. The van der Waals surface area contributed by atoms with Gasteiger partial charge in [-0.15, -0.1) is 0 Å². The Kier molecular flexibility index (Phi) is 4.54. The van der Waals surface area contributed by atoms with Gasteiger partial charge >= 0.3 is 5.69 Å². The number of benzene rings is 1. The number of nitrogens with zero attached hydrogens (tertiary/aromatic N) is 5. The van der Waals surface area contributed by atoms with Gasteiger partial charge in [-0.2, -0.15) is 4.98 Å². The number of hydrogen-bond donors (Lipinski definition) is 1. The molecule has 3 heterocycles. The summed E-state index contributed by atoms with van der Waals surface area (Å²) in [4.78, 5) is 25.2. The molecule has 0 atom stereocenters. The van der Waals surface area contributed by atoms with Crippen molar-refractivity contribution in [2.45, 2.75) is 5.03 Å². The Balaban J connectivity index is 1.45. The highest BCUT2D eigenvalue weighted by atomic mass is 32.2. The summed E-state index contributed by atoms with van der Waals surface area (Å²) >= 11 is 1.60. The highest BCUT2D eigenvalue weighted by Crippen LogP contribution is 2.32. The van der Waals surface area contributed by atoms with Crippen LogP contribution in [0.25, 0.3) is 0 Å². The van der Waals surface area contributed by atoms with Crippen molar-refractivity contribution < 1.29 is 4.76 Å². The van der Waals surface area contributed by atoms with E-state index in [1.165, 1.54) is 5.69 Å². The number of aromatic nitrogens is 2. The molecule has 0 aliphatic carbocycles. The lowest BCUT2D eigenvalue weighted by Crippen LogP contribution is -2.44. The van der Waals surface area contributed by atoms with Crippen molar-refractivity contribution in [2.75, 3.05) is 55.7 Å². The normalized spacial score (nSPS) is 18.1. The number of thioether (sulfide) groups is 1. The van der Waals surface area contributed by atoms with E-state index in [0.717, 1.165) is 47.4 Å². The van der Waals surface area contributed by atoms with Crippen LogP contribution in [0.2, 0.25) is 0 Å². The molecule has 2 aliphatic rings. The second-order valence-electron chi connectivity index (χ2n) is 6.30. The SMILES string of the molecule is CN1CCN(c2ccc(Nc3ncc4c(n3)SCC[N+]4=O)cc2)CC1. The first-order chi connectivity index (χ1) is 12.2. The number of hydrogen-bond acceptors (Lipinski definition) is 7. The van der Waals surface area contributed by atoms with Crippen LogP contribution >= 0.6 is 11.8 Å². The molecule has 2 aromatic rings. The third-order valence-corrected chi connectivity index (χ3v) is 5.49. The monoisotopic (exact) mass is 357 g/mol. The molecule has 1 aromatic carbocycles. The number of fused-ring (bicyclic) bond motifs is 1. The van der Waals surface area contributed by atoms with Gasteiger partial charge in [0.05, 0.1) is 5.75 Å². The van der Waals surface area contributed by atoms with Crippen molar-refractivity contribution in [3.8, 4) is 0 Å². The number of rotatable bonds is 3. The van der Waals surface area contributed by atoms with E-state index in [-0.39, 0.29) is 0 Å². The minimum Gasteiger partial charge on any atom is -0.369 e. The van der Waals surface area contributed by atoms with Crippen LogP contribution in [0.4, 0.5) is 23.0 Å². The van der Waals surface area contributed by atoms with Crippen LogP contribution < -0.4 is 10.2 Å². The smallest absolute Gasteiger partial charge is 0.306 e. The number of nitroso groups, excluding NO2 is 1. The summed E-state index contributed by atoms with van der Waals surface area (Å²) in [7, 11) is 2.16. The van der Waals surface area contributed by atoms with Gasteiger partial charge in [0.1, 0.15) is 6.20 Å². The van der Waals surface area contributed by atoms with Gasteiger partial charge in [-0.1, -0.05) is 11.8 Å².